The summed E-state index contributed by atoms with van der Waals surface area (Å²) >= 11 is 5.96. The molecule has 0 aliphatic carbocycles. The van der Waals surface area contributed by atoms with Crippen LogP contribution in [0, 0.1) is 0 Å². The first kappa shape index (κ1) is 19.3. The largest absolute Gasteiger partial charge is 0.349 e. The first-order valence-electron chi connectivity index (χ1n) is 9.73. The Bertz CT molecular complexity index is 1240. The number of fused-ring (bicyclic) bond motifs is 2. The van der Waals surface area contributed by atoms with Crippen molar-refractivity contribution < 1.29 is 0 Å². The van der Waals surface area contributed by atoms with Crippen molar-refractivity contribution in [3.63, 3.8) is 0 Å². The molecule has 0 radical (unpaired) electrons. The van der Waals surface area contributed by atoms with Crippen LogP contribution in [-0.2, 0) is 19.4 Å². The molecule has 0 aromatic heterocycles. The molecular weight excluding hydrogens is 388 g/mol. The maximum atomic E-state index is 12.3. The molecule has 1 N–H and O–H groups in total. The second-order valence-corrected chi connectivity index (χ2v) is 7.55. The lowest BCUT2D eigenvalue weighted by molar-refractivity contribution is 0.648. The standard InChI is InChI=1S/C22H21ClN4O2/c1-2-4-15-8-11-18-17(13-15)24-19-20(25-22(29)26-21(19)28)27(18)12-3-5-14-6-9-16(23)10-7-14/h6-11,13H,2-5,12H2,1H3,(H,26,28,29). The minimum atomic E-state index is -0.655. The van der Waals surface area contributed by atoms with Crippen LogP contribution in [-0.4, -0.2) is 19.5 Å². The molecular formula is C22H21ClN4O2. The first-order valence-corrected chi connectivity index (χ1v) is 10.1. The highest BCUT2D eigenvalue weighted by atomic mass is 35.5. The van der Waals surface area contributed by atoms with Crippen molar-refractivity contribution >= 4 is 22.6 Å². The molecule has 4 rings (SSSR count). The molecule has 0 fully saturated rings. The smallest absolute Gasteiger partial charge is 0.322 e. The molecule has 29 heavy (non-hydrogen) atoms. The summed E-state index contributed by atoms with van der Waals surface area (Å²) in [5.41, 5.74) is 2.98. The summed E-state index contributed by atoms with van der Waals surface area (Å²) in [5, 5.41) is 0.712. The zero-order valence-electron chi connectivity index (χ0n) is 16.1. The zero-order valence-corrected chi connectivity index (χ0v) is 16.9. The van der Waals surface area contributed by atoms with E-state index in [0.717, 1.165) is 36.7 Å². The molecule has 2 aliphatic rings. The summed E-state index contributed by atoms with van der Waals surface area (Å²) in [6.45, 7) is 2.74. The van der Waals surface area contributed by atoms with Crippen molar-refractivity contribution in [1.82, 2.24) is 19.5 Å². The van der Waals surface area contributed by atoms with Gasteiger partial charge in [-0.25, -0.2) is 9.78 Å². The van der Waals surface area contributed by atoms with E-state index < -0.39 is 11.2 Å². The fraction of sp³-hybridized carbons (Fsp3) is 0.273. The summed E-state index contributed by atoms with van der Waals surface area (Å²) in [4.78, 5) is 35.0. The van der Waals surface area contributed by atoms with Crippen molar-refractivity contribution in [2.45, 2.75) is 39.2 Å². The van der Waals surface area contributed by atoms with E-state index in [1.165, 1.54) is 11.1 Å². The molecule has 148 valence electrons. The monoisotopic (exact) mass is 408 g/mol. The van der Waals surface area contributed by atoms with Crippen molar-refractivity contribution in [2.75, 3.05) is 0 Å². The van der Waals surface area contributed by atoms with Gasteiger partial charge in [-0.05, 0) is 54.7 Å². The molecule has 0 saturated heterocycles. The van der Waals surface area contributed by atoms with Crippen LogP contribution < -0.4 is 11.2 Å². The van der Waals surface area contributed by atoms with Crippen LogP contribution in [0.15, 0.2) is 52.1 Å². The maximum absolute atomic E-state index is 12.3. The summed E-state index contributed by atoms with van der Waals surface area (Å²) in [6.07, 6.45) is 3.64. The van der Waals surface area contributed by atoms with E-state index in [1.807, 2.05) is 41.0 Å². The minimum Gasteiger partial charge on any atom is -0.322 e. The zero-order chi connectivity index (χ0) is 20.4. The van der Waals surface area contributed by atoms with E-state index in [2.05, 4.69) is 27.9 Å². The van der Waals surface area contributed by atoms with E-state index in [1.54, 1.807) is 0 Å². The van der Waals surface area contributed by atoms with Crippen LogP contribution in [0.4, 0.5) is 0 Å². The lowest BCUT2D eigenvalue weighted by Gasteiger charge is -2.17. The van der Waals surface area contributed by atoms with Crippen LogP contribution in [0.1, 0.15) is 30.9 Å². The summed E-state index contributed by atoms with van der Waals surface area (Å²) in [7, 11) is 0. The maximum Gasteiger partial charge on any atom is 0.349 e. The van der Waals surface area contributed by atoms with Gasteiger partial charge in [-0.1, -0.05) is 43.1 Å². The summed E-state index contributed by atoms with van der Waals surface area (Å²) in [5.74, 6) is 0.325. The number of benzene rings is 2. The van der Waals surface area contributed by atoms with E-state index >= 15 is 0 Å². The fourth-order valence-electron chi connectivity index (χ4n) is 3.61. The van der Waals surface area contributed by atoms with Gasteiger partial charge in [-0.3, -0.25) is 9.78 Å². The van der Waals surface area contributed by atoms with Gasteiger partial charge in [0.05, 0.1) is 11.0 Å². The highest BCUT2D eigenvalue weighted by Gasteiger charge is 2.18. The van der Waals surface area contributed by atoms with Gasteiger partial charge in [0.15, 0.2) is 11.5 Å². The van der Waals surface area contributed by atoms with Crippen molar-refractivity contribution in [2.24, 2.45) is 0 Å². The Balaban J connectivity index is 1.76. The van der Waals surface area contributed by atoms with Gasteiger partial charge in [0, 0.05) is 11.6 Å². The number of aromatic amines is 1. The average Bonchev–Trinajstić information content (AvgIpc) is 2.70. The molecule has 0 amide bonds. The van der Waals surface area contributed by atoms with Gasteiger partial charge in [-0.2, -0.15) is 4.98 Å². The van der Waals surface area contributed by atoms with E-state index in [4.69, 9.17) is 11.6 Å². The third-order valence-corrected chi connectivity index (χ3v) is 5.22. The lowest BCUT2D eigenvalue weighted by Crippen LogP contribution is -2.29. The number of rotatable bonds is 6. The second kappa shape index (κ2) is 8.17. The van der Waals surface area contributed by atoms with Gasteiger partial charge in [-0.15, -0.1) is 0 Å². The quantitative estimate of drug-likeness (QED) is 0.492. The number of H-pyrrole nitrogens is 1. The lowest BCUT2D eigenvalue weighted by atomic mass is 10.1. The number of hydrogen-bond acceptors (Lipinski definition) is 4. The van der Waals surface area contributed by atoms with E-state index in [9.17, 15) is 9.59 Å². The van der Waals surface area contributed by atoms with Crippen LogP contribution in [0.5, 0.6) is 0 Å². The Kier molecular flexibility index (Phi) is 5.45. The van der Waals surface area contributed by atoms with E-state index in [0.29, 0.717) is 17.4 Å². The Labute approximate surface area is 172 Å². The Morgan fingerprint density at radius 1 is 1.00 bits per heavy atom. The Hall–Kier alpha value is -2.99. The number of aromatic nitrogens is 4. The van der Waals surface area contributed by atoms with Crippen molar-refractivity contribution in [3.05, 3.63) is 79.5 Å². The number of aryl methyl sites for hydroxylation is 3. The molecule has 6 nitrogen and oxygen atoms in total. The van der Waals surface area contributed by atoms with Gasteiger partial charge in [0.1, 0.15) is 0 Å². The van der Waals surface area contributed by atoms with Crippen LogP contribution in [0.25, 0.3) is 22.6 Å². The van der Waals surface area contributed by atoms with Crippen LogP contribution >= 0.6 is 11.6 Å². The third-order valence-electron chi connectivity index (χ3n) is 4.97. The fourth-order valence-corrected chi connectivity index (χ4v) is 3.73. The number of nitrogens with one attached hydrogen (secondary N) is 1. The average molecular weight is 409 g/mol. The highest BCUT2D eigenvalue weighted by molar-refractivity contribution is 6.30. The van der Waals surface area contributed by atoms with Gasteiger partial charge < -0.3 is 4.57 Å². The third kappa shape index (κ3) is 4.07. The predicted octanol–water partition coefficient (Wildman–Crippen LogP) is 3.82. The summed E-state index contributed by atoms with van der Waals surface area (Å²) < 4.78 is 1.93. The Morgan fingerprint density at radius 3 is 2.52 bits per heavy atom. The summed E-state index contributed by atoms with van der Waals surface area (Å²) in [6, 6.07) is 13.8. The van der Waals surface area contributed by atoms with Gasteiger partial charge in [0.2, 0.25) is 0 Å². The molecule has 2 aromatic rings. The first-order chi connectivity index (χ1) is 14.0. The molecule has 0 bridgehead atoms. The Morgan fingerprint density at radius 2 is 1.76 bits per heavy atom. The van der Waals surface area contributed by atoms with Crippen LogP contribution in [0.3, 0.4) is 0 Å². The van der Waals surface area contributed by atoms with Crippen molar-refractivity contribution in [3.8, 4) is 11.5 Å². The van der Waals surface area contributed by atoms with Crippen LogP contribution in [0.2, 0.25) is 5.02 Å². The predicted molar refractivity (Wildman–Crippen MR) is 115 cm³/mol. The van der Waals surface area contributed by atoms with Crippen molar-refractivity contribution in [1.29, 1.82) is 0 Å². The molecule has 2 heterocycles. The SMILES string of the molecule is CCCc1ccc2c(c1)nc1c(=O)[nH]c(=O)nc-1n2CCCc1ccc(Cl)cc1. The molecule has 2 aliphatic heterocycles. The second-order valence-electron chi connectivity index (χ2n) is 7.11. The van der Waals surface area contributed by atoms with E-state index in [-0.39, 0.29) is 5.69 Å². The molecule has 7 heteroatoms. The molecule has 0 atom stereocenters. The molecule has 2 aromatic carbocycles. The molecule has 0 spiro atoms. The van der Waals surface area contributed by atoms with Gasteiger partial charge in [0.25, 0.3) is 5.56 Å². The normalized spacial score (nSPS) is 11.4. The van der Waals surface area contributed by atoms with Gasteiger partial charge >= 0.3 is 5.69 Å². The number of hydrogen-bond donors (Lipinski definition) is 1. The number of halogens is 1. The highest BCUT2D eigenvalue weighted by Crippen LogP contribution is 2.23. The molecule has 0 unspecified atom stereocenters. The topological polar surface area (TPSA) is 80.6 Å². The molecule has 0 saturated carbocycles. The minimum absolute atomic E-state index is 0.192. The number of nitrogens with zero attached hydrogens (tertiary/aromatic N) is 3.